The van der Waals surface area contributed by atoms with E-state index in [2.05, 4.69) is 4.74 Å². The number of ether oxygens (including phenoxy) is 2. The molecule has 0 N–H and O–H groups in total. The van der Waals surface area contributed by atoms with Gasteiger partial charge in [0.1, 0.15) is 17.8 Å². The van der Waals surface area contributed by atoms with Gasteiger partial charge in [-0.1, -0.05) is 0 Å². The summed E-state index contributed by atoms with van der Waals surface area (Å²) in [6.07, 6.45) is -0.863. The van der Waals surface area contributed by atoms with Gasteiger partial charge in [0.15, 0.2) is 0 Å². The van der Waals surface area contributed by atoms with Crippen molar-refractivity contribution in [1.29, 1.82) is 0 Å². The van der Waals surface area contributed by atoms with E-state index in [4.69, 9.17) is 4.74 Å². The topological polar surface area (TPSA) is 99.0 Å². The Bertz CT molecular complexity index is 669. The average Bonchev–Trinajstić information content (AvgIpc) is 2.42. The molecule has 0 saturated heterocycles. The molecule has 1 amide bonds. The molecule has 9 heteroatoms. The van der Waals surface area contributed by atoms with E-state index in [0.717, 1.165) is 4.90 Å². The molecule has 0 saturated carbocycles. The van der Waals surface area contributed by atoms with Crippen LogP contribution in [0, 0.1) is 20.6 Å². The first-order valence-electron chi connectivity index (χ1n) is 6.98. The molecule has 0 aliphatic carbocycles. The highest BCUT2D eigenvalue weighted by molar-refractivity contribution is 14.1. The monoisotopic (exact) mass is 450 g/mol. The number of aryl methyl sites for hydroxylation is 1. The normalized spacial score (nSPS) is 10.9. The maximum absolute atomic E-state index is 12.5. The Morgan fingerprint density at radius 1 is 1.33 bits per heavy atom. The maximum atomic E-state index is 12.5. The molecular weight excluding hydrogens is 431 g/mol. The summed E-state index contributed by atoms with van der Waals surface area (Å²) < 4.78 is 10.3. The summed E-state index contributed by atoms with van der Waals surface area (Å²) in [5.74, 6) is -0.716. The number of amides is 1. The van der Waals surface area contributed by atoms with E-state index in [1.165, 1.54) is 13.2 Å². The molecule has 1 aromatic carbocycles. The molecule has 1 aromatic rings. The number of halogens is 1. The van der Waals surface area contributed by atoms with Crippen LogP contribution in [0.3, 0.4) is 0 Å². The first-order chi connectivity index (χ1) is 11.0. The molecule has 0 aromatic heterocycles. The van der Waals surface area contributed by atoms with E-state index in [-0.39, 0.29) is 11.4 Å². The fourth-order valence-electron chi connectivity index (χ4n) is 1.87. The van der Waals surface area contributed by atoms with Crippen LogP contribution in [0.1, 0.15) is 26.3 Å². The second-order valence-electron chi connectivity index (χ2n) is 6.01. The quantitative estimate of drug-likeness (QED) is 0.302. The Morgan fingerprint density at radius 3 is 2.38 bits per heavy atom. The van der Waals surface area contributed by atoms with E-state index in [1.807, 2.05) is 22.6 Å². The van der Waals surface area contributed by atoms with Crippen molar-refractivity contribution >= 4 is 46.0 Å². The standard InChI is InChI=1S/C15H19IN2O6/c1-9-6-10(16)13(11(7-9)18(21)22)17(8-12(19)23-5)14(20)24-15(2,3)4/h6-7H,8H2,1-5H3. The minimum atomic E-state index is -0.863. The SMILES string of the molecule is COC(=O)CN(C(=O)OC(C)(C)C)c1c(I)cc(C)cc1[N+](=O)[O-]. The number of esters is 1. The molecule has 0 spiro atoms. The third kappa shape index (κ3) is 5.32. The minimum absolute atomic E-state index is 0.00542. The van der Waals surface area contributed by atoms with Gasteiger partial charge < -0.3 is 9.47 Å². The number of nitro benzene ring substituents is 1. The van der Waals surface area contributed by atoms with Crippen LogP contribution in [0.15, 0.2) is 12.1 Å². The molecule has 0 fully saturated rings. The van der Waals surface area contributed by atoms with Crippen LogP contribution in [-0.4, -0.2) is 36.2 Å². The first kappa shape index (κ1) is 20.1. The number of methoxy groups -OCH3 is 1. The van der Waals surface area contributed by atoms with Crippen LogP contribution < -0.4 is 4.90 Å². The molecule has 0 radical (unpaired) electrons. The van der Waals surface area contributed by atoms with Gasteiger partial charge in [-0.25, -0.2) is 4.79 Å². The van der Waals surface area contributed by atoms with Gasteiger partial charge in [-0.3, -0.25) is 19.8 Å². The molecule has 0 aliphatic rings. The van der Waals surface area contributed by atoms with E-state index < -0.39 is 29.1 Å². The number of carbonyl (C=O) groups is 2. The highest BCUT2D eigenvalue weighted by atomic mass is 127. The van der Waals surface area contributed by atoms with Crippen LogP contribution in [0.25, 0.3) is 0 Å². The lowest BCUT2D eigenvalue weighted by Gasteiger charge is -2.27. The third-order valence-corrected chi connectivity index (χ3v) is 3.61. The van der Waals surface area contributed by atoms with Crippen molar-refractivity contribution in [2.45, 2.75) is 33.3 Å². The zero-order chi connectivity index (χ0) is 18.7. The molecule has 0 unspecified atom stereocenters. The summed E-state index contributed by atoms with van der Waals surface area (Å²) in [7, 11) is 1.17. The molecule has 24 heavy (non-hydrogen) atoms. The number of anilines is 1. The number of rotatable bonds is 4. The Hall–Kier alpha value is -1.91. The number of carbonyl (C=O) groups excluding carboxylic acids is 2. The summed E-state index contributed by atoms with van der Waals surface area (Å²) >= 11 is 1.88. The highest BCUT2D eigenvalue weighted by Crippen LogP contribution is 2.35. The fourth-order valence-corrected chi connectivity index (χ4v) is 2.93. The zero-order valence-electron chi connectivity index (χ0n) is 14.1. The van der Waals surface area contributed by atoms with Crippen molar-refractivity contribution in [1.82, 2.24) is 0 Å². The van der Waals surface area contributed by atoms with Crippen molar-refractivity contribution in [2.24, 2.45) is 0 Å². The summed E-state index contributed by atoms with van der Waals surface area (Å²) in [5.41, 5.74) is -0.437. The van der Waals surface area contributed by atoms with Crippen LogP contribution in [0.2, 0.25) is 0 Å². The van der Waals surface area contributed by atoms with Crippen LogP contribution in [0.5, 0.6) is 0 Å². The van der Waals surface area contributed by atoms with Crippen LogP contribution >= 0.6 is 22.6 Å². The number of hydrogen-bond acceptors (Lipinski definition) is 6. The predicted molar refractivity (Wildman–Crippen MR) is 96.1 cm³/mol. The van der Waals surface area contributed by atoms with Crippen LogP contribution in [-0.2, 0) is 14.3 Å². The smallest absolute Gasteiger partial charge is 0.415 e. The lowest BCUT2D eigenvalue weighted by molar-refractivity contribution is -0.384. The fraction of sp³-hybridized carbons (Fsp3) is 0.467. The van der Waals surface area contributed by atoms with Gasteiger partial charge in [0.2, 0.25) is 0 Å². The molecule has 0 heterocycles. The van der Waals surface area contributed by atoms with E-state index in [9.17, 15) is 19.7 Å². The molecule has 1 rings (SSSR count). The summed E-state index contributed by atoms with van der Waals surface area (Å²) in [4.78, 5) is 35.9. The van der Waals surface area contributed by atoms with Crippen molar-refractivity contribution < 1.29 is 24.0 Å². The molecule has 8 nitrogen and oxygen atoms in total. The number of nitrogens with zero attached hydrogens (tertiary/aromatic N) is 2. The maximum Gasteiger partial charge on any atom is 0.415 e. The number of nitro groups is 1. The number of hydrogen-bond donors (Lipinski definition) is 0. The second kappa shape index (κ2) is 7.77. The zero-order valence-corrected chi connectivity index (χ0v) is 16.2. The molecule has 0 bridgehead atoms. The van der Waals surface area contributed by atoms with E-state index in [0.29, 0.717) is 9.13 Å². The summed E-state index contributed by atoms with van der Waals surface area (Å²) in [6.45, 7) is 6.20. The summed E-state index contributed by atoms with van der Waals surface area (Å²) in [6, 6.07) is 3.02. The lowest BCUT2D eigenvalue weighted by Crippen LogP contribution is -2.41. The largest absolute Gasteiger partial charge is 0.468 e. The van der Waals surface area contributed by atoms with Gasteiger partial charge in [-0.2, -0.15) is 0 Å². The third-order valence-electron chi connectivity index (χ3n) is 2.78. The second-order valence-corrected chi connectivity index (χ2v) is 7.18. The van der Waals surface area contributed by atoms with Gasteiger partial charge in [0.25, 0.3) is 5.69 Å². The summed E-state index contributed by atoms with van der Waals surface area (Å²) in [5, 5.41) is 11.4. The number of benzene rings is 1. The predicted octanol–water partition coefficient (Wildman–Crippen LogP) is 3.42. The Kier molecular flexibility index (Phi) is 6.52. The van der Waals surface area contributed by atoms with Gasteiger partial charge >= 0.3 is 12.1 Å². The minimum Gasteiger partial charge on any atom is -0.468 e. The van der Waals surface area contributed by atoms with Gasteiger partial charge in [-0.15, -0.1) is 0 Å². The van der Waals surface area contributed by atoms with Crippen molar-refractivity contribution in [3.8, 4) is 0 Å². The van der Waals surface area contributed by atoms with Crippen molar-refractivity contribution in [3.05, 3.63) is 31.4 Å². The molecular formula is C15H19IN2O6. The molecule has 132 valence electrons. The Labute approximate surface area is 153 Å². The average molecular weight is 450 g/mol. The van der Waals surface area contributed by atoms with E-state index >= 15 is 0 Å². The van der Waals surface area contributed by atoms with Crippen molar-refractivity contribution in [2.75, 3.05) is 18.6 Å². The van der Waals surface area contributed by atoms with Crippen LogP contribution in [0.4, 0.5) is 16.2 Å². The van der Waals surface area contributed by atoms with Gasteiger partial charge in [-0.05, 0) is 61.9 Å². The highest BCUT2D eigenvalue weighted by Gasteiger charge is 2.32. The Morgan fingerprint density at radius 2 is 1.92 bits per heavy atom. The Balaban J connectivity index is 3.47. The lowest BCUT2D eigenvalue weighted by atomic mass is 10.1. The molecule has 0 aliphatic heterocycles. The van der Waals surface area contributed by atoms with Crippen molar-refractivity contribution in [3.63, 3.8) is 0 Å². The first-order valence-corrected chi connectivity index (χ1v) is 8.06. The van der Waals surface area contributed by atoms with Gasteiger partial charge in [0, 0.05) is 9.64 Å². The van der Waals surface area contributed by atoms with E-state index in [1.54, 1.807) is 33.8 Å². The van der Waals surface area contributed by atoms with Gasteiger partial charge in [0.05, 0.1) is 12.0 Å². The molecule has 0 atom stereocenters.